The van der Waals surface area contributed by atoms with E-state index in [4.69, 9.17) is 0 Å². The molecule has 70 valence electrons. The van der Waals surface area contributed by atoms with Gasteiger partial charge in [0.2, 0.25) is 0 Å². The number of rotatable bonds is 0. The van der Waals surface area contributed by atoms with Gasteiger partial charge in [-0.1, -0.05) is 15.9 Å². The number of nitrogens with one attached hydrogen (secondary N) is 1. The van der Waals surface area contributed by atoms with Crippen LogP contribution in [0.4, 0.5) is 11.4 Å². The van der Waals surface area contributed by atoms with Crippen LogP contribution < -0.4 is 10.2 Å². The normalized spacial score (nSPS) is 16.0. The van der Waals surface area contributed by atoms with E-state index in [9.17, 15) is 0 Å². The standard InChI is InChI=1S/C10H13BrN2/c1-13-6-2-5-12-9-7-8(11)3-4-10(9)13/h3-4,7,12H,2,5-6H2,1H3. The molecule has 0 aromatic heterocycles. The van der Waals surface area contributed by atoms with Gasteiger partial charge >= 0.3 is 0 Å². The molecule has 0 unspecified atom stereocenters. The van der Waals surface area contributed by atoms with Gasteiger partial charge in [-0.15, -0.1) is 0 Å². The van der Waals surface area contributed by atoms with Crippen molar-refractivity contribution in [2.75, 3.05) is 30.4 Å². The molecule has 0 amide bonds. The summed E-state index contributed by atoms with van der Waals surface area (Å²) in [5.41, 5.74) is 2.52. The highest BCUT2D eigenvalue weighted by Crippen LogP contribution is 2.30. The summed E-state index contributed by atoms with van der Waals surface area (Å²) in [6.07, 6.45) is 1.20. The molecule has 0 radical (unpaired) electrons. The minimum absolute atomic E-state index is 1.06. The number of fused-ring (bicyclic) bond motifs is 1. The van der Waals surface area contributed by atoms with Gasteiger partial charge in [0.25, 0.3) is 0 Å². The summed E-state index contributed by atoms with van der Waals surface area (Å²) in [5, 5.41) is 3.42. The Balaban J connectivity index is 2.42. The average molecular weight is 241 g/mol. The average Bonchev–Trinajstić information content (AvgIpc) is 2.28. The quantitative estimate of drug-likeness (QED) is 0.751. The first-order chi connectivity index (χ1) is 6.27. The first-order valence-electron chi connectivity index (χ1n) is 4.52. The molecule has 1 aliphatic heterocycles. The maximum atomic E-state index is 3.48. The molecule has 0 atom stereocenters. The predicted octanol–water partition coefficient (Wildman–Crippen LogP) is 2.70. The van der Waals surface area contributed by atoms with Gasteiger partial charge in [0.15, 0.2) is 0 Å². The van der Waals surface area contributed by atoms with Crippen molar-refractivity contribution in [3.8, 4) is 0 Å². The van der Waals surface area contributed by atoms with Gasteiger partial charge in [0.1, 0.15) is 0 Å². The van der Waals surface area contributed by atoms with Gasteiger partial charge in [-0.25, -0.2) is 0 Å². The molecule has 13 heavy (non-hydrogen) atoms. The fraction of sp³-hybridized carbons (Fsp3) is 0.400. The van der Waals surface area contributed by atoms with E-state index in [1.54, 1.807) is 0 Å². The van der Waals surface area contributed by atoms with Crippen molar-refractivity contribution in [2.24, 2.45) is 0 Å². The van der Waals surface area contributed by atoms with Crippen molar-refractivity contribution in [1.82, 2.24) is 0 Å². The van der Waals surface area contributed by atoms with Crippen molar-refractivity contribution < 1.29 is 0 Å². The van der Waals surface area contributed by atoms with E-state index in [1.165, 1.54) is 17.8 Å². The Kier molecular flexibility index (Phi) is 2.44. The number of anilines is 2. The third kappa shape index (κ3) is 1.80. The fourth-order valence-electron chi connectivity index (χ4n) is 1.64. The topological polar surface area (TPSA) is 15.3 Å². The summed E-state index contributed by atoms with van der Waals surface area (Å²) in [7, 11) is 2.14. The second-order valence-electron chi connectivity index (χ2n) is 3.36. The Morgan fingerprint density at radius 1 is 1.46 bits per heavy atom. The highest BCUT2D eigenvalue weighted by atomic mass is 79.9. The van der Waals surface area contributed by atoms with Crippen LogP contribution in [0, 0.1) is 0 Å². The van der Waals surface area contributed by atoms with Crippen LogP contribution in [0.3, 0.4) is 0 Å². The molecule has 0 bridgehead atoms. The van der Waals surface area contributed by atoms with Crippen LogP contribution in [0.1, 0.15) is 6.42 Å². The van der Waals surface area contributed by atoms with Gasteiger partial charge in [-0.2, -0.15) is 0 Å². The van der Waals surface area contributed by atoms with Gasteiger partial charge in [0.05, 0.1) is 11.4 Å². The van der Waals surface area contributed by atoms with E-state index in [-0.39, 0.29) is 0 Å². The molecule has 3 heteroatoms. The SMILES string of the molecule is CN1CCCNc2cc(Br)ccc21. The van der Waals surface area contributed by atoms with Gasteiger partial charge in [0, 0.05) is 24.6 Å². The fourth-order valence-corrected chi connectivity index (χ4v) is 2.00. The molecule has 1 heterocycles. The zero-order valence-electron chi connectivity index (χ0n) is 7.68. The van der Waals surface area contributed by atoms with E-state index in [0.717, 1.165) is 17.6 Å². The molecule has 1 aromatic rings. The van der Waals surface area contributed by atoms with Crippen LogP contribution in [0.15, 0.2) is 22.7 Å². The molecule has 0 aliphatic carbocycles. The highest BCUT2D eigenvalue weighted by molar-refractivity contribution is 9.10. The lowest BCUT2D eigenvalue weighted by molar-refractivity contribution is 0.837. The number of hydrogen-bond acceptors (Lipinski definition) is 2. The van der Waals surface area contributed by atoms with Crippen molar-refractivity contribution in [1.29, 1.82) is 0 Å². The lowest BCUT2D eigenvalue weighted by Gasteiger charge is -2.18. The van der Waals surface area contributed by atoms with Crippen molar-refractivity contribution >= 4 is 27.3 Å². The molecule has 0 saturated carbocycles. The van der Waals surface area contributed by atoms with Gasteiger partial charge in [-0.05, 0) is 24.6 Å². The van der Waals surface area contributed by atoms with Crippen LogP contribution in [0.25, 0.3) is 0 Å². The first-order valence-corrected chi connectivity index (χ1v) is 5.31. The molecule has 1 aromatic carbocycles. The van der Waals surface area contributed by atoms with Crippen molar-refractivity contribution in [3.05, 3.63) is 22.7 Å². The maximum absolute atomic E-state index is 3.48. The smallest absolute Gasteiger partial charge is 0.0600 e. The third-order valence-electron chi connectivity index (χ3n) is 2.36. The predicted molar refractivity (Wildman–Crippen MR) is 60.5 cm³/mol. The zero-order chi connectivity index (χ0) is 9.26. The summed E-state index contributed by atoms with van der Waals surface area (Å²) in [6.45, 7) is 2.19. The molecule has 2 rings (SSSR count). The summed E-state index contributed by atoms with van der Waals surface area (Å²) in [4.78, 5) is 2.29. The maximum Gasteiger partial charge on any atom is 0.0600 e. The number of halogens is 1. The van der Waals surface area contributed by atoms with E-state index in [1.807, 2.05) is 0 Å². The molecule has 0 spiro atoms. The Bertz CT molecular complexity index is 312. The van der Waals surface area contributed by atoms with Crippen LogP contribution in [-0.4, -0.2) is 20.1 Å². The van der Waals surface area contributed by atoms with Gasteiger partial charge in [-0.3, -0.25) is 0 Å². The molecule has 0 fully saturated rings. The minimum atomic E-state index is 1.06. The van der Waals surface area contributed by atoms with Crippen molar-refractivity contribution in [2.45, 2.75) is 6.42 Å². The molecule has 1 aliphatic rings. The zero-order valence-corrected chi connectivity index (χ0v) is 9.26. The van der Waals surface area contributed by atoms with E-state index >= 15 is 0 Å². The number of hydrogen-bond donors (Lipinski definition) is 1. The van der Waals surface area contributed by atoms with Gasteiger partial charge < -0.3 is 10.2 Å². The first kappa shape index (κ1) is 8.88. The van der Waals surface area contributed by atoms with Crippen LogP contribution in [0.5, 0.6) is 0 Å². The minimum Gasteiger partial charge on any atom is -0.383 e. The second-order valence-corrected chi connectivity index (χ2v) is 4.28. The number of benzene rings is 1. The van der Waals surface area contributed by atoms with E-state index in [2.05, 4.69) is 51.4 Å². The molecule has 2 nitrogen and oxygen atoms in total. The largest absolute Gasteiger partial charge is 0.383 e. The molecule has 0 saturated heterocycles. The lowest BCUT2D eigenvalue weighted by Crippen LogP contribution is -2.17. The van der Waals surface area contributed by atoms with E-state index in [0.29, 0.717) is 0 Å². The molecular weight excluding hydrogens is 228 g/mol. The van der Waals surface area contributed by atoms with Crippen LogP contribution in [0.2, 0.25) is 0 Å². The summed E-state index contributed by atoms with van der Waals surface area (Å²) in [6, 6.07) is 6.37. The Hall–Kier alpha value is -0.700. The monoisotopic (exact) mass is 240 g/mol. The Morgan fingerprint density at radius 3 is 3.15 bits per heavy atom. The Morgan fingerprint density at radius 2 is 2.31 bits per heavy atom. The van der Waals surface area contributed by atoms with E-state index < -0.39 is 0 Å². The van der Waals surface area contributed by atoms with Crippen LogP contribution in [-0.2, 0) is 0 Å². The van der Waals surface area contributed by atoms with Crippen LogP contribution >= 0.6 is 15.9 Å². The molecular formula is C10H13BrN2. The number of nitrogens with zero attached hydrogens (tertiary/aromatic N) is 1. The second kappa shape index (κ2) is 3.58. The summed E-state index contributed by atoms with van der Waals surface area (Å²) < 4.78 is 1.13. The lowest BCUT2D eigenvalue weighted by atomic mass is 10.2. The summed E-state index contributed by atoms with van der Waals surface area (Å²) >= 11 is 3.48. The highest BCUT2D eigenvalue weighted by Gasteiger charge is 2.10. The van der Waals surface area contributed by atoms with Crippen molar-refractivity contribution in [3.63, 3.8) is 0 Å². The summed E-state index contributed by atoms with van der Waals surface area (Å²) in [5.74, 6) is 0. The Labute approximate surface area is 87.1 Å². The molecule has 1 N–H and O–H groups in total. The third-order valence-corrected chi connectivity index (χ3v) is 2.85.